The molecule has 0 aromatic heterocycles. The molecule has 0 N–H and O–H groups in total. The van der Waals surface area contributed by atoms with Crippen molar-refractivity contribution in [2.75, 3.05) is 0 Å². The van der Waals surface area contributed by atoms with Crippen LogP contribution in [0.1, 0.15) is 41.5 Å². The highest BCUT2D eigenvalue weighted by Crippen LogP contribution is 2.30. The van der Waals surface area contributed by atoms with Gasteiger partial charge in [0.2, 0.25) is 0 Å². The smallest absolute Gasteiger partial charge is 0.126 e. The summed E-state index contributed by atoms with van der Waals surface area (Å²) in [7, 11) is 0. The SMILES string of the molecule is Cc1ccc(C(Cl)c2ccc(CC(C)C)cc2)cc1F. The largest absolute Gasteiger partial charge is 0.207 e. The van der Waals surface area contributed by atoms with Gasteiger partial charge in [-0.25, -0.2) is 4.39 Å². The molecule has 0 amide bonds. The van der Waals surface area contributed by atoms with Crippen LogP contribution < -0.4 is 0 Å². The third-order valence-electron chi connectivity index (χ3n) is 3.40. The Labute approximate surface area is 125 Å². The highest BCUT2D eigenvalue weighted by molar-refractivity contribution is 6.22. The van der Waals surface area contributed by atoms with E-state index < -0.39 is 0 Å². The molecule has 0 saturated heterocycles. The molecule has 2 rings (SSSR count). The summed E-state index contributed by atoms with van der Waals surface area (Å²) in [4.78, 5) is 0. The first-order chi connectivity index (χ1) is 9.47. The topological polar surface area (TPSA) is 0 Å². The fourth-order valence-corrected chi connectivity index (χ4v) is 2.53. The van der Waals surface area contributed by atoms with Crippen molar-refractivity contribution in [1.29, 1.82) is 0 Å². The minimum atomic E-state index is -0.307. The van der Waals surface area contributed by atoms with Crippen LogP contribution in [0.3, 0.4) is 0 Å². The van der Waals surface area contributed by atoms with E-state index in [2.05, 4.69) is 26.0 Å². The Morgan fingerprint density at radius 2 is 1.60 bits per heavy atom. The maximum atomic E-state index is 13.6. The first-order valence-corrected chi connectivity index (χ1v) is 7.40. The van der Waals surface area contributed by atoms with Gasteiger partial charge in [-0.1, -0.05) is 50.2 Å². The van der Waals surface area contributed by atoms with E-state index in [0.29, 0.717) is 11.5 Å². The second-order valence-electron chi connectivity index (χ2n) is 5.71. The zero-order valence-corrected chi connectivity index (χ0v) is 12.9. The van der Waals surface area contributed by atoms with Gasteiger partial charge in [0, 0.05) is 0 Å². The van der Waals surface area contributed by atoms with Crippen molar-refractivity contribution in [2.24, 2.45) is 5.92 Å². The Kier molecular flexibility index (Phi) is 4.82. The molecule has 0 nitrogen and oxygen atoms in total. The van der Waals surface area contributed by atoms with E-state index in [9.17, 15) is 4.39 Å². The Morgan fingerprint density at radius 1 is 1.00 bits per heavy atom. The Balaban J connectivity index is 2.20. The Hall–Kier alpha value is -1.34. The fraction of sp³-hybridized carbons (Fsp3) is 0.333. The summed E-state index contributed by atoms with van der Waals surface area (Å²) in [6.45, 7) is 6.16. The third kappa shape index (κ3) is 3.61. The number of rotatable bonds is 4. The van der Waals surface area contributed by atoms with Crippen LogP contribution in [0, 0.1) is 18.7 Å². The molecule has 0 aliphatic heterocycles. The second kappa shape index (κ2) is 6.41. The first-order valence-electron chi connectivity index (χ1n) is 6.96. The van der Waals surface area contributed by atoms with Gasteiger partial charge < -0.3 is 0 Å². The van der Waals surface area contributed by atoms with E-state index in [1.807, 2.05) is 18.2 Å². The van der Waals surface area contributed by atoms with E-state index in [4.69, 9.17) is 11.6 Å². The van der Waals surface area contributed by atoms with Gasteiger partial charge >= 0.3 is 0 Å². The van der Waals surface area contributed by atoms with Gasteiger partial charge in [0.1, 0.15) is 5.82 Å². The van der Waals surface area contributed by atoms with E-state index in [1.54, 1.807) is 13.0 Å². The summed E-state index contributed by atoms with van der Waals surface area (Å²) < 4.78 is 13.6. The summed E-state index contributed by atoms with van der Waals surface area (Å²) in [5.74, 6) is 0.434. The van der Waals surface area contributed by atoms with Crippen molar-refractivity contribution in [3.63, 3.8) is 0 Å². The second-order valence-corrected chi connectivity index (χ2v) is 6.15. The summed E-state index contributed by atoms with van der Waals surface area (Å²) in [6.07, 6.45) is 1.06. The molecule has 2 aromatic rings. The van der Waals surface area contributed by atoms with Gasteiger partial charge in [0.05, 0.1) is 5.38 Å². The van der Waals surface area contributed by atoms with Crippen molar-refractivity contribution in [1.82, 2.24) is 0 Å². The predicted molar refractivity (Wildman–Crippen MR) is 83.8 cm³/mol. The molecule has 2 aromatic carbocycles. The minimum absolute atomic E-state index is 0.204. The van der Waals surface area contributed by atoms with Crippen LogP contribution in [0.4, 0.5) is 4.39 Å². The molecule has 2 heteroatoms. The molecule has 0 radical (unpaired) electrons. The van der Waals surface area contributed by atoms with Crippen molar-refractivity contribution < 1.29 is 4.39 Å². The number of aryl methyl sites for hydroxylation is 1. The maximum Gasteiger partial charge on any atom is 0.126 e. The van der Waals surface area contributed by atoms with Crippen LogP contribution in [0.25, 0.3) is 0 Å². The Bertz CT molecular complexity index is 572. The van der Waals surface area contributed by atoms with Crippen molar-refractivity contribution in [2.45, 2.75) is 32.6 Å². The molecule has 0 aliphatic rings. The van der Waals surface area contributed by atoms with Gasteiger partial charge in [-0.15, -0.1) is 11.6 Å². The quantitative estimate of drug-likeness (QED) is 0.637. The third-order valence-corrected chi connectivity index (χ3v) is 3.91. The van der Waals surface area contributed by atoms with Gasteiger partial charge in [-0.3, -0.25) is 0 Å². The van der Waals surface area contributed by atoms with Gasteiger partial charge in [0.15, 0.2) is 0 Å². The predicted octanol–water partition coefficient (Wildman–Crippen LogP) is 5.66. The van der Waals surface area contributed by atoms with E-state index in [-0.39, 0.29) is 11.2 Å². The molecule has 20 heavy (non-hydrogen) atoms. The summed E-state index contributed by atoms with van der Waals surface area (Å²) >= 11 is 6.45. The summed E-state index contributed by atoms with van der Waals surface area (Å²) in [5, 5.41) is -0.307. The molecule has 0 bridgehead atoms. The van der Waals surface area contributed by atoms with Crippen LogP contribution in [0.2, 0.25) is 0 Å². The molecule has 106 valence electrons. The fourth-order valence-electron chi connectivity index (χ4n) is 2.25. The van der Waals surface area contributed by atoms with E-state index >= 15 is 0 Å². The standard InChI is InChI=1S/C18H20ClF/c1-12(2)10-14-5-8-15(9-6-14)18(19)16-7-4-13(3)17(20)11-16/h4-9,11-12,18H,10H2,1-3H3. The van der Waals surface area contributed by atoms with Crippen molar-refractivity contribution >= 4 is 11.6 Å². The Morgan fingerprint density at radius 3 is 2.15 bits per heavy atom. The molecule has 0 aliphatic carbocycles. The van der Waals surface area contributed by atoms with Crippen LogP contribution in [0.15, 0.2) is 42.5 Å². The molecule has 0 fully saturated rings. The summed E-state index contributed by atoms with van der Waals surface area (Å²) in [6, 6.07) is 13.5. The molecule has 1 atom stereocenters. The van der Waals surface area contributed by atoms with Gasteiger partial charge in [0.25, 0.3) is 0 Å². The maximum absolute atomic E-state index is 13.6. The van der Waals surface area contributed by atoms with Gasteiger partial charge in [-0.05, 0) is 47.6 Å². The number of hydrogen-bond donors (Lipinski definition) is 0. The monoisotopic (exact) mass is 290 g/mol. The minimum Gasteiger partial charge on any atom is -0.207 e. The highest BCUT2D eigenvalue weighted by atomic mass is 35.5. The molecule has 0 saturated carbocycles. The molecular weight excluding hydrogens is 271 g/mol. The van der Waals surface area contributed by atoms with E-state index in [1.165, 1.54) is 11.6 Å². The highest BCUT2D eigenvalue weighted by Gasteiger charge is 2.12. The van der Waals surface area contributed by atoms with Crippen molar-refractivity contribution in [3.8, 4) is 0 Å². The van der Waals surface area contributed by atoms with Crippen LogP contribution in [0.5, 0.6) is 0 Å². The number of hydrogen-bond acceptors (Lipinski definition) is 0. The number of alkyl halides is 1. The lowest BCUT2D eigenvalue weighted by Gasteiger charge is -2.12. The first kappa shape index (κ1) is 15.1. The molecule has 0 heterocycles. The van der Waals surface area contributed by atoms with E-state index in [0.717, 1.165) is 17.5 Å². The normalized spacial score (nSPS) is 12.7. The lowest BCUT2D eigenvalue weighted by molar-refractivity contribution is 0.616. The van der Waals surface area contributed by atoms with Crippen LogP contribution in [-0.2, 0) is 6.42 Å². The van der Waals surface area contributed by atoms with Crippen LogP contribution in [-0.4, -0.2) is 0 Å². The van der Waals surface area contributed by atoms with Crippen LogP contribution >= 0.6 is 11.6 Å². The zero-order valence-electron chi connectivity index (χ0n) is 12.2. The molecular formula is C18H20ClF. The number of benzene rings is 2. The molecule has 1 unspecified atom stereocenters. The van der Waals surface area contributed by atoms with Crippen molar-refractivity contribution in [3.05, 3.63) is 70.5 Å². The molecule has 0 spiro atoms. The lowest BCUT2D eigenvalue weighted by Crippen LogP contribution is -1.97. The number of halogens is 2. The summed E-state index contributed by atoms with van der Waals surface area (Å²) in [5.41, 5.74) is 3.75. The average molecular weight is 291 g/mol. The lowest BCUT2D eigenvalue weighted by atomic mass is 9.98. The van der Waals surface area contributed by atoms with Gasteiger partial charge in [-0.2, -0.15) is 0 Å². The average Bonchev–Trinajstić information content (AvgIpc) is 2.41. The zero-order chi connectivity index (χ0) is 14.7.